The lowest BCUT2D eigenvalue weighted by Crippen LogP contribution is -2.07. The van der Waals surface area contributed by atoms with Crippen LogP contribution in [0.1, 0.15) is 24.0 Å². The Labute approximate surface area is 144 Å². The zero-order chi connectivity index (χ0) is 16.9. The number of nitrogens with zero attached hydrogens (tertiary/aromatic N) is 1. The molecule has 0 atom stereocenters. The van der Waals surface area contributed by atoms with Gasteiger partial charge in [-0.1, -0.05) is 31.2 Å². The molecule has 0 saturated heterocycles. The predicted molar refractivity (Wildman–Crippen MR) is 98.0 cm³/mol. The molecule has 1 aromatic carbocycles. The molecule has 0 aliphatic rings. The number of carbonyl (C=O) groups excluding carboxylic acids is 1. The molecule has 2 aromatic heterocycles. The van der Waals surface area contributed by atoms with Crippen LogP contribution in [0.25, 0.3) is 17.3 Å². The van der Waals surface area contributed by atoms with Crippen LogP contribution >= 0.6 is 11.3 Å². The van der Waals surface area contributed by atoms with E-state index in [0.717, 1.165) is 23.4 Å². The third-order valence-corrected chi connectivity index (χ3v) is 4.31. The summed E-state index contributed by atoms with van der Waals surface area (Å²) in [6.45, 7) is 3.99. The Kier molecular flexibility index (Phi) is 4.91. The molecule has 4 nitrogen and oxygen atoms in total. The average Bonchev–Trinajstić information content (AvgIpc) is 3.22. The van der Waals surface area contributed by atoms with Crippen molar-refractivity contribution in [3.05, 3.63) is 64.9 Å². The average molecular weight is 338 g/mol. The van der Waals surface area contributed by atoms with E-state index in [9.17, 15) is 4.79 Å². The second kappa shape index (κ2) is 7.27. The molecule has 2 heterocycles. The number of furan rings is 1. The Balaban J connectivity index is 1.64. The van der Waals surface area contributed by atoms with Gasteiger partial charge in [0.25, 0.3) is 0 Å². The number of hydrogen-bond donors (Lipinski definition) is 1. The molecule has 0 aliphatic carbocycles. The minimum atomic E-state index is -0.230. The fourth-order valence-corrected chi connectivity index (χ4v) is 2.95. The first-order chi connectivity index (χ1) is 11.6. The van der Waals surface area contributed by atoms with E-state index in [-0.39, 0.29) is 5.91 Å². The normalized spacial score (nSPS) is 11.1. The number of rotatable bonds is 5. The first-order valence-electron chi connectivity index (χ1n) is 7.74. The SMILES string of the molecule is CCc1ccc(-c2csc(NC(=O)/C=C/c3ccc(C)o3)n2)cc1. The monoisotopic (exact) mass is 338 g/mol. The van der Waals surface area contributed by atoms with E-state index in [0.29, 0.717) is 10.9 Å². The van der Waals surface area contributed by atoms with Gasteiger partial charge in [0.05, 0.1) is 5.69 Å². The van der Waals surface area contributed by atoms with Crippen molar-refractivity contribution >= 4 is 28.5 Å². The van der Waals surface area contributed by atoms with Crippen LogP contribution in [0, 0.1) is 6.92 Å². The van der Waals surface area contributed by atoms with E-state index >= 15 is 0 Å². The summed E-state index contributed by atoms with van der Waals surface area (Å²) >= 11 is 1.41. The number of nitrogens with one attached hydrogen (secondary N) is 1. The number of thiazole rings is 1. The maximum atomic E-state index is 11.9. The van der Waals surface area contributed by atoms with Gasteiger partial charge < -0.3 is 4.42 Å². The first kappa shape index (κ1) is 16.2. The van der Waals surface area contributed by atoms with E-state index in [4.69, 9.17) is 4.42 Å². The lowest BCUT2D eigenvalue weighted by atomic mass is 10.1. The highest BCUT2D eigenvalue weighted by atomic mass is 32.1. The summed E-state index contributed by atoms with van der Waals surface area (Å²) in [5.41, 5.74) is 3.20. The van der Waals surface area contributed by atoms with Gasteiger partial charge in [0.2, 0.25) is 5.91 Å². The molecular weight excluding hydrogens is 320 g/mol. The molecule has 0 spiro atoms. The van der Waals surface area contributed by atoms with Crippen LogP contribution in [0.15, 0.2) is 52.3 Å². The topological polar surface area (TPSA) is 55.1 Å². The molecule has 0 fully saturated rings. The van der Waals surface area contributed by atoms with Crippen molar-refractivity contribution in [1.82, 2.24) is 4.98 Å². The highest BCUT2D eigenvalue weighted by Gasteiger charge is 2.06. The van der Waals surface area contributed by atoms with Crippen molar-refractivity contribution in [2.24, 2.45) is 0 Å². The van der Waals surface area contributed by atoms with Gasteiger partial charge in [-0.2, -0.15) is 0 Å². The fourth-order valence-electron chi connectivity index (χ4n) is 2.22. The number of carbonyl (C=O) groups is 1. The van der Waals surface area contributed by atoms with Crippen LogP contribution in [0.4, 0.5) is 5.13 Å². The van der Waals surface area contributed by atoms with E-state index in [1.165, 1.54) is 23.0 Å². The maximum Gasteiger partial charge on any atom is 0.250 e. The van der Waals surface area contributed by atoms with E-state index < -0.39 is 0 Å². The minimum absolute atomic E-state index is 0.230. The number of aromatic nitrogens is 1. The zero-order valence-electron chi connectivity index (χ0n) is 13.6. The third kappa shape index (κ3) is 4.00. The lowest BCUT2D eigenvalue weighted by molar-refractivity contribution is -0.111. The summed E-state index contributed by atoms with van der Waals surface area (Å²) in [4.78, 5) is 16.4. The zero-order valence-corrected chi connectivity index (χ0v) is 14.4. The Bertz CT molecular complexity index is 860. The summed E-state index contributed by atoms with van der Waals surface area (Å²) in [5, 5.41) is 5.29. The van der Waals surface area contributed by atoms with Crippen molar-refractivity contribution in [3.8, 4) is 11.3 Å². The van der Waals surface area contributed by atoms with Gasteiger partial charge in [-0.3, -0.25) is 10.1 Å². The summed E-state index contributed by atoms with van der Waals surface area (Å²) in [6.07, 6.45) is 4.09. The fraction of sp³-hybridized carbons (Fsp3) is 0.158. The standard InChI is InChI=1S/C19H18N2O2S/c1-3-14-5-7-15(8-6-14)17-12-24-19(20-17)21-18(22)11-10-16-9-4-13(2)23-16/h4-12H,3H2,1-2H3,(H,20,21,22)/b11-10+. The van der Waals surface area contributed by atoms with Gasteiger partial charge in [-0.15, -0.1) is 11.3 Å². The molecule has 0 saturated carbocycles. The molecule has 0 bridgehead atoms. The third-order valence-electron chi connectivity index (χ3n) is 3.55. The van der Waals surface area contributed by atoms with Crippen LogP contribution in [-0.2, 0) is 11.2 Å². The molecule has 3 rings (SSSR count). The van der Waals surface area contributed by atoms with Gasteiger partial charge in [-0.25, -0.2) is 4.98 Å². The van der Waals surface area contributed by atoms with Gasteiger partial charge in [-0.05, 0) is 37.1 Å². The van der Waals surface area contributed by atoms with Crippen molar-refractivity contribution in [2.75, 3.05) is 5.32 Å². The molecule has 3 aromatic rings. The molecule has 1 amide bonds. The minimum Gasteiger partial charge on any atom is -0.462 e. The Morgan fingerprint density at radius 3 is 2.71 bits per heavy atom. The van der Waals surface area contributed by atoms with Gasteiger partial charge in [0.15, 0.2) is 5.13 Å². The summed E-state index contributed by atoms with van der Waals surface area (Å²) in [7, 11) is 0. The number of hydrogen-bond acceptors (Lipinski definition) is 4. The quantitative estimate of drug-likeness (QED) is 0.671. The van der Waals surface area contributed by atoms with Gasteiger partial charge in [0.1, 0.15) is 11.5 Å². The molecule has 24 heavy (non-hydrogen) atoms. The van der Waals surface area contributed by atoms with Gasteiger partial charge in [0, 0.05) is 17.0 Å². The van der Waals surface area contributed by atoms with Crippen LogP contribution in [0.2, 0.25) is 0 Å². The smallest absolute Gasteiger partial charge is 0.250 e. The van der Waals surface area contributed by atoms with Crippen molar-refractivity contribution in [2.45, 2.75) is 20.3 Å². The maximum absolute atomic E-state index is 11.9. The largest absolute Gasteiger partial charge is 0.462 e. The molecule has 0 unspecified atom stereocenters. The van der Waals surface area contributed by atoms with E-state index in [1.807, 2.05) is 24.4 Å². The molecule has 5 heteroatoms. The molecule has 0 radical (unpaired) electrons. The number of aryl methyl sites for hydroxylation is 2. The second-order valence-electron chi connectivity index (χ2n) is 5.36. The summed E-state index contributed by atoms with van der Waals surface area (Å²) in [6, 6.07) is 12.0. The Morgan fingerprint density at radius 1 is 1.25 bits per heavy atom. The van der Waals surface area contributed by atoms with Crippen LogP contribution in [-0.4, -0.2) is 10.9 Å². The Hall–Kier alpha value is -2.66. The van der Waals surface area contributed by atoms with Crippen LogP contribution in [0.3, 0.4) is 0 Å². The van der Waals surface area contributed by atoms with Crippen LogP contribution in [0.5, 0.6) is 0 Å². The van der Waals surface area contributed by atoms with Crippen LogP contribution < -0.4 is 5.32 Å². The highest BCUT2D eigenvalue weighted by molar-refractivity contribution is 7.14. The van der Waals surface area contributed by atoms with E-state index in [1.54, 1.807) is 6.08 Å². The predicted octanol–water partition coefficient (Wildman–Crippen LogP) is 4.93. The number of amides is 1. The lowest BCUT2D eigenvalue weighted by Gasteiger charge is -1.99. The second-order valence-corrected chi connectivity index (χ2v) is 6.22. The molecular formula is C19H18N2O2S. The first-order valence-corrected chi connectivity index (χ1v) is 8.62. The number of benzene rings is 1. The van der Waals surface area contributed by atoms with Crippen molar-refractivity contribution in [1.29, 1.82) is 0 Å². The van der Waals surface area contributed by atoms with E-state index in [2.05, 4.69) is 41.5 Å². The summed E-state index contributed by atoms with van der Waals surface area (Å²) in [5.74, 6) is 1.23. The molecule has 0 aliphatic heterocycles. The Morgan fingerprint density at radius 2 is 2.04 bits per heavy atom. The summed E-state index contributed by atoms with van der Waals surface area (Å²) < 4.78 is 5.39. The molecule has 122 valence electrons. The van der Waals surface area contributed by atoms with Gasteiger partial charge >= 0.3 is 0 Å². The van der Waals surface area contributed by atoms with Crippen molar-refractivity contribution in [3.63, 3.8) is 0 Å². The van der Waals surface area contributed by atoms with Crippen molar-refractivity contribution < 1.29 is 9.21 Å². The number of anilines is 1. The molecule has 1 N–H and O–H groups in total. The highest BCUT2D eigenvalue weighted by Crippen LogP contribution is 2.25.